The highest BCUT2D eigenvalue weighted by atomic mass is 35.5. The zero-order chi connectivity index (χ0) is 18.2. The number of benzene rings is 1. The van der Waals surface area contributed by atoms with Crippen LogP contribution < -0.4 is 5.32 Å². The molecule has 1 aliphatic carbocycles. The molecule has 1 saturated heterocycles. The molecule has 1 N–H and O–H groups in total. The summed E-state index contributed by atoms with van der Waals surface area (Å²) in [4.78, 5) is 14.9. The van der Waals surface area contributed by atoms with Crippen molar-refractivity contribution in [2.75, 3.05) is 26.2 Å². The Morgan fingerprint density at radius 2 is 2.12 bits per heavy atom. The van der Waals surface area contributed by atoms with E-state index in [-0.39, 0.29) is 12.0 Å². The number of nitrogens with zero attached hydrogens (tertiary/aromatic N) is 1. The summed E-state index contributed by atoms with van der Waals surface area (Å²) in [7, 11) is 0. The quantitative estimate of drug-likeness (QED) is 0.733. The number of allylic oxidation sites excluding steroid dienone is 1. The monoisotopic (exact) mass is 376 g/mol. The van der Waals surface area contributed by atoms with Crippen LogP contribution in [0, 0.1) is 0 Å². The van der Waals surface area contributed by atoms with Crippen molar-refractivity contribution in [3.05, 3.63) is 46.5 Å². The first kappa shape index (κ1) is 19.4. The second-order valence-corrected chi connectivity index (χ2v) is 7.64. The number of carbonyl (C=O) groups excluding carboxylic acids is 1. The number of hydrogen-bond donors (Lipinski definition) is 1. The van der Waals surface area contributed by atoms with Crippen LogP contribution in [0.25, 0.3) is 0 Å². The van der Waals surface area contributed by atoms with Gasteiger partial charge in [0.1, 0.15) is 0 Å². The number of carbonyl (C=O) groups is 1. The van der Waals surface area contributed by atoms with Gasteiger partial charge in [0.15, 0.2) is 0 Å². The van der Waals surface area contributed by atoms with Crippen molar-refractivity contribution in [1.29, 1.82) is 0 Å². The third-order valence-corrected chi connectivity index (χ3v) is 5.39. The SMILES string of the molecule is O=C(CC1CNCCO1)N(CCC1=CCCCC1)Cc1ccc(Cl)cc1. The van der Waals surface area contributed by atoms with Crippen LogP contribution in [-0.2, 0) is 16.1 Å². The largest absolute Gasteiger partial charge is 0.375 e. The van der Waals surface area contributed by atoms with E-state index < -0.39 is 0 Å². The van der Waals surface area contributed by atoms with Gasteiger partial charge in [-0.3, -0.25) is 4.79 Å². The summed E-state index contributed by atoms with van der Waals surface area (Å²) in [5, 5.41) is 4.02. The normalized spacial score (nSPS) is 20.5. The smallest absolute Gasteiger partial charge is 0.225 e. The van der Waals surface area contributed by atoms with Crippen molar-refractivity contribution in [2.45, 2.75) is 51.2 Å². The van der Waals surface area contributed by atoms with Crippen molar-refractivity contribution in [3.8, 4) is 0 Å². The van der Waals surface area contributed by atoms with Crippen molar-refractivity contribution >= 4 is 17.5 Å². The first-order valence-electron chi connectivity index (χ1n) is 9.73. The van der Waals surface area contributed by atoms with Gasteiger partial charge in [-0.25, -0.2) is 0 Å². The molecule has 3 rings (SSSR count). The fourth-order valence-electron chi connectivity index (χ4n) is 3.59. The van der Waals surface area contributed by atoms with Crippen LogP contribution in [0.2, 0.25) is 5.02 Å². The van der Waals surface area contributed by atoms with Crippen LogP contribution in [0.3, 0.4) is 0 Å². The van der Waals surface area contributed by atoms with Gasteiger partial charge in [0.25, 0.3) is 0 Å². The minimum Gasteiger partial charge on any atom is -0.375 e. The first-order chi connectivity index (χ1) is 12.7. The number of amides is 1. The van der Waals surface area contributed by atoms with Crippen LogP contribution in [-0.4, -0.2) is 43.2 Å². The Bertz CT molecular complexity index is 609. The van der Waals surface area contributed by atoms with Gasteiger partial charge in [0.05, 0.1) is 19.1 Å². The van der Waals surface area contributed by atoms with Gasteiger partial charge in [-0.1, -0.05) is 35.4 Å². The summed E-state index contributed by atoms with van der Waals surface area (Å²) in [5.74, 6) is 0.171. The Morgan fingerprint density at radius 3 is 2.81 bits per heavy atom. The molecule has 1 aliphatic heterocycles. The average molecular weight is 377 g/mol. The van der Waals surface area contributed by atoms with E-state index in [1.165, 1.54) is 31.3 Å². The summed E-state index contributed by atoms with van der Waals surface area (Å²) < 4.78 is 5.72. The molecule has 1 fully saturated rings. The van der Waals surface area contributed by atoms with Gasteiger partial charge in [0, 0.05) is 31.2 Å². The highest BCUT2D eigenvalue weighted by molar-refractivity contribution is 6.30. The van der Waals surface area contributed by atoms with E-state index in [9.17, 15) is 4.79 Å². The number of rotatable bonds is 7. The van der Waals surface area contributed by atoms with Crippen LogP contribution in [0.15, 0.2) is 35.9 Å². The molecule has 142 valence electrons. The molecular weight excluding hydrogens is 348 g/mol. The maximum atomic E-state index is 12.9. The Morgan fingerprint density at radius 1 is 1.27 bits per heavy atom. The minimum absolute atomic E-state index is 0.0159. The number of morpholine rings is 1. The predicted molar refractivity (Wildman–Crippen MR) is 105 cm³/mol. The number of nitrogens with one attached hydrogen (secondary N) is 1. The molecule has 1 aromatic carbocycles. The van der Waals surface area contributed by atoms with E-state index in [0.29, 0.717) is 19.6 Å². The maximum absolute atomic E-state index is 12.9. The van der Waals surface area contributed by atoms with Gasteiger partial charge in [-0.05, 0) is 49.8 Å². The Hall–Kier alpha value is -1.36. The van der Waals surface area contributed by atoms with E-state index in [2.05, 4.69) is 11.4 Å². The average Bonchev–Trinajstić information content (AvgIpc) is 2.68. The van der Waals surface area contributed by atoms with E-state index >= 15 is 0 Å². The fraction of sp³-hybridized carbons (Fsp3) is 0.571. The zero-order valence-electron chi connectivity index (χ0n) is 15.4. The molecule has 4 nitrogen and oxygen atoms in total. The second kappa shape index (κ2) is 10.1. The van der Waals surface area contributed by atoms with Crippen molar-refractivity contribution < 1.29 is 9.53 Å². The Balaban J connectivity index is 1.61. The van der Waals surface area contributed by atoms with E-state index in [0.717, 1.165) is 36.6 Å². The van der Waals surface area contributed by atoms with Crippen LogP contribution in [0.1, 0.15) is 44.1 Å². The summed E-state index contributed by atoms with van der Waals surface area (Å²) in [6, 6.07) is 7.77. The van der Waals surface area contributed by atoms with Crippen LogP contribution >= 0.6 is 11.6 Å². The van der Waals surface area contributed by atoms with E-state index in [1.807, 2.05) is 29.2 Å². The molecule has 1 atom stereocenters. The highest BCUT2D eigenvalue weighted by Gasteiger charge is 2.22. The lowest BCUT2D eigenvalue weighted by atomic mass is 9.97. The molecule has 0 radical (unpaired) electrons. The fourth-order valence-corrected chi connectivity index (χ4v) is 3.71. The molecule has 1 heterocycles. The lowest BCUT2D eigenvalue weighted by Crippen LogP contribution is -2.42. The molecule has 0 bridgehead atoms. The highest BCUT2D eigenvalue weighted by Crippen LogP contribution is 2.21. The number of halogens is 1. The Kier molecular flexibility index (Phi) is 7.54. The van der Waals surface area contributed by atoms with Crippen molar-refractivity contribution in [3.63, 3.8) is 0 Å². The van der Waals surface area contributed by atoms with Gasteiger partial charge >= 0.3 is 0 Å². The second-order valence-electron chi connectivity index (χ2n) is 7.20. The molecule has 1 amide bonds. The lowest BCUT2D eigenvalue weighted by molar-refractivity contribution is -0.135. The van der Waals surface area contributed by atoms with Gasteiger partial charge in [-0.15, -0.1) is 0 Å². The van der Waals surface area contributed by atoms with Crippen LogP contribution in [0.5, 0.6) is 0 Å². The molecule has 1 aromatic rings. The summed E-state index contributed by atoms with van der Waals surface area (Å²) in [6.07, 6.45) is 8.70. The molecule has 0 spiro atoms. The standard InChI is InChI=1S/C21H29ClN2O2/c22-19-8-6-18(7-9-19)16-24(12-10-17-4-2-1-3-5-17)21(25)14-20-15-23-11-13-26-20/h4,6-9,20,23H,1-3,5,10-16H2. The van der Waals surface area contributed by atoms with Crippen LogP contribution in [0.4, 0.5) is 0 Å². The maximum Gasteiger partial charge on any atom is 0.225 e. The van der Waals surface area contributed by atoms with Gasteiger partial charge in [-0.2, -0.15) is 0 Å². The topological polar surface area (TPSA) is 41.6 Å². The third kappa shape index (κ3) is 6.11. The third-order valence-electron chi connectivity index (χ3n) is 5.13. The summed E-state index contributed by atoms with van der Waals surface area (Å²) in [5.41, 5.74) is 2.61. The summed E-state index contributed by atoms with van der Waals surface area (Å²) in [6.45, 7) is 3.71. The molecule has 2 aliphatic rings. The lowest BCUT2D eigenvalue weighted by Gasteiger charge is -2.28. The molecule has 0 saturated carbocycles. The molecule has 0 aromatic heterocycles. The number of hydrogen-bond acceptors (Lipinski definition) is 3. The minimum atomic E-state index is -0.0159. The molecule has 5 heteroatoms. The number of ether oxygens (including phenoxy) is 1. The zero-order valence-corrected chi connectivity index (χ0v) is 16.1. The van der Waals surface area contributed by atoms with E-state index in [4.69, 9.17) is 16.3 Å². The van der Waals surface area contributed by atoms with E-state index in [1.54, 1.807) is 0 Å². The molecule has 1 unspecified atom stereocenters. The van der Waals surface area contributed by atoms with Crippen molar-refractivity contribution in [1.82, 2.24) is 10.2 Å². The first-order valence-corrected chi connectivity index (χ1v) is 10.1. The van der Waals surface area contributed by atoms with Crippen molar-refractivity contribution in [2.24, 2.45) is 0 Å². The van der Waals surface area contributed by atoms with Gasteiger partial charge < -0.3 is 15.0 Å². The Labute approximate surface area is 161 Å². The molecular formula is C21H29ClN2O2. The summed E-state index contributed by atoms with van der Waals surface area (Å²) >= 11 is 5.99. The molecule has 26 heavy (non-hydrogen) atoms. The van der Waals surface area contributed by atoms with Gasteiger partial charge in [0.2, 0.25) is 5.91 Å². The predicted octanol–water partition coefficient (Wildman–Crippen LogP) is 3.94.